The quantitative estimate of drug-likeness (QED) is 0.857. The van der Waals surface area contributed by atoms with Crippen LogP contribution in [0.5, 0.6) is 0 Å². The molecule has 1 aromatic rings. The summed E-state index contributed by atoms with van der Waals surface area (Å²) in [6.07, 6.45) is 4.42. The minimum atomic E-state index is -0.408. The molecule has 1 aromatic carbocycles. The van der Waals surface area contributed by atoms with Crippen LogP contribution in [0.1, 0.15) is 76.2 Å². The van der Waals surface area contributed by atoms with Gasteiger partial charge in [0.25, 0.3) is 5.91 Å². The summed E-state index contributed by atoms with van der Waals surface area (Å²) in [5, 5.41) is 2.94. The van der Waals surface area contributed by atoms with Gasteiger partial charge >= 0.3 is 0 Å². The highest BCUT2D eigenvalue weighted by Crippen LogP contribution is 2.40. The average Bonchev–Trinajstić information content (AvgIpc) is 3.04. The summed E-state index contributed by atoms with van der Waals surface area (Å²) in [7, 11) is 0. The molecule has 1 saturated carbocycles. The van der Waals surface area contributed by atoms with Gasteiger partial charge in [0.15, 0.2) is 0 Å². The van der Waals surface area contributed by atoms with Gasteiger partial charge in [-0.15, -0.1) is 0 Å². The molecule has 5 heteroatoms. The number of benzene rings is 1. The number of ether oxygens (including phenoxy) is 1. The van der Waals surface area contributed by atoms with Gasteiger partial charge < -0.3 is 15.0 Å². The third-order valence-electron chi connectivity index (χ3n) is 5.68. The molecule has 1 heterocycles. The lowest BCUT2D eigenvalue weighted by atomic mass is 9.93. The highest BCUT2D eigenvalue weighted by Gasteiger charge is 2.47. The van der Waals surface area contributed by atoms with Crippen LogP contribution >= 0.6 is 0 Å². The summed E-state index contributed by atoms with van der Waals surface area (Å²) in [6, 6.07) is 7.58. The molecule has 1 N–H and O–H groups in total. The van der Waals surface area contributed by atoms with Crippen LogP contribution in [0.2, 0.25) is 0 Å². The normalized spacial score (nSPS) is 21.0. The van der Waals surface area contributed by atoms with E-state index in [0.29, 0.717) is 25.2 Å². The Morgan fingerprint density at radius 3 is 2.25 bits per heavy atom. The summed E-state index contributed by atoms with van der Waals surface area (Å²) in [6.45, 7) is 11.6. The Morgan fingerprint density at radius 1 is 1.07 bits per heavy atom. The number of amides is 2. The molecule has 1 saturated heterocycles. The van der Waals surface area contributed by atoms with Gasteiger partial charge in [-0.1, -0.05) is 45.7 Å². The summed E-state index contributed by atoms with van der Waals surface area (Å²) in [5.41, 5.74) is 0.777. The maximum absolute atomic E-state index is 13.1. The SMILES string of the molecule is CC1(C)CN(C(=O)c2ccc(CNC(=O)C(C)(C)C)cc2)CC2(CCCC2)O1. The maximum Gasteiger partial charge on any atom is 0.254 e. The van der Waals surface area contributed by atoms with E-state index in [9.17, 15) is 9.59 Å². The standard InChI is InChI=1S/C23H34N2O3/c1-21(2,3)20(27)24-14-17-8-10-18(11-9-17)19(26)25-15-22(4,5)28-23(16-25)12-6-7-13-23/h8-11H,6-7,12-16H2,1-5H3,(H,24,27). The fraction of sp³-hybridized carbons (Fsp3) is 0.652. The van der Waals surface area contributed by atoms with Crippen molar-refractivity contribution in [1.29, 1.82) is 0 Å². The zero-order valence-electron chi connectivity index (χ0n) is 17.9. The summed E-state index contributed by atoms with van der Waals surface area (Å²) >= 11 is 0. The lowest BCUT2D eigenvalue weighted by Gasteiger charge is -2.48. The smallest absolute Gasteiger partial charge is 0.254 e. The zero-order valence-corrected chi connectivity index (χ0v) is 17.9. The molecule has 1 aliphatic carbocycles. The highest BCUT2D eigenvalue weighted by atomic mass is 16.5. The van der Waals surface area contributed by atoms with E-state index in [1.54, 1.807) is 0 Å². The predicted octanol–water partition coefficient (Wildman–Crippen LogP) is 3.91. The van der Waals surface area contributed by atoms with Crippen LogP contribution in [-0.2, 0) is 16.1 Å². The number of carbonyl (C=O) groups is 2. The molecule has 0 atom stereocenters. The van der Waals surface area contributed by atoms with Gasteiger partial charge in [-0.2, -0.15) is 0 Å². The molecular weight excluding hydrogens is 352 g/mol. The van der Waals surface area contributed by atoms with Crippen molar-refractivity contribution in [3.8, 4) is 0 Å². The molecule has 1 aliphatic heterocycles. The van der Waals surface area contributed by atoms with E-state index >= 15 is 0 Å². The molecule has 154 valence electrons. The van der Waals surface area contributed by atoms with Crippen LogP contribution in [0, 0.1) is 5.41 Å². The van der Waals surface area contributed by atoms with Gasteiger partial charge in [-0.05, 0) is 44.4 Å². The van der Waals surface area contributed by atoms with Gasteiger partial charge in [0, 0.05) is 24.1 Å². The van der Waals surface area contributed by atoms with Crippen LogP contribution in [0.3, 0.4) is 0 Å². The van der Waals surface area contributed by atoms with Crippen LogP contribution in [0.25, 0.3) is 0 Å². The monoisotopic (exact) mass is 386 g/mol. The minimum Gasteiger partial charge on any atom is -0.365 e. The first-order valence-electron chi connectivity index (χ1n) is 10.4. The predicted molar refractivity (Wildman–Crippen MR) is 110 cm³/mol. The summed E-state index contributed by atoms with van der Waals surface area (Å²) < 4.78 is 6.41. The van der Waals surface area contributed by atoms with Gasteiger partial charge in [-0.25, -0.2) is 0 Å². The first kappa shape index (κ1) is 20.8. The number of carbonyl (C=O) groups excluding carboxylic acids is 2. The Hall–Kier alpha value is -1.88. The third-order valence-corrected chi connectivity index (χ3v) is 5.68. The molecule has 5 nitrogen and oxygen atoms in total. The van der Waals surface area contributed by atoms with Crippen LogP contribution in [-0.4, -0.2) is 41.0 Å². The van der Waals surface area contributed by atoms with E-state index in [2.05, 4.69) is 19.2 Å². The van der Waals surface area contributed by atoms with Crippen LogP contribution in [0.15, 0.2) is 24.3 Å². The number of morpholine rings is 1. The summed E-state index contributed by atoms with van der Waals surface area (Å²) in [5.74, 6) is 0.0815. The first-order valence-corrected chi connectivity index (χ1v) is 10.4. The number of nitrogens with one attached hydrogen (secondary N) is 1. The van der Waals surface area contributed by atoms with E-state index in [-0.39, 0.29) is 23.0 Å². The summed E-state index contributed by atoms with van der Waals surface area (Å²) in [4.78, 5) is 27.1. The Labute approximate surface area is 168 Å². The van der Waals surface area contributed by atoms with Gasteiger partial charge in [0.2, 0.25) is 5.91 Å². The topological polar surface area (TPSA) is 58.6 Å². The second-order valence-corrected chi connectivity index (χ2v) is 10.0. The van der Waals surface area contributed by atoms with Gasteiger partial charge in [-0.3, -0.25) is 9.59 Å². The molecule has 0 bridgehead atoms. The molecule has 0 unspecified atom stereocenters. The molecule has 2 amide bonds. The van der Waals surface area contributed by atoms with Crippen molar-refractivity contribution in [1.82, 2.24) is 10.2 Å². The molecule has 28 heavy (non-hydrogen) atoms. The van der Waals surface area contributed by atoms with E-state index in [1.165, 1.54) is 12.8 Å². The molecule has 0 radical (unpaired) electrons. The number of hydrogen-bond acceptors (Lipinski definition) is 3. The molecule has 1 spiro atoms. The molecule has 2 aliphatic rings. The largest absolute Gasteiger partial charge is 0.365 e. The number of nitrogens with zero attached hydrogens (tertiary/aromatic N) is 1. The Kier molecular flexibility index (Phi) is 5.59. The Bertz CT molecular complexity index is 725. The highest BCUT2D eigenvalue weighted by molar-refractivity contribution is 5.94. The Morgan fingerprint density at radius 2 is 1.68 bits per heavy atom. The van der Waals surface area contributed by atoms with E-state index < -0.39 is 5.41 Å². The Balaban J connectivity index is 1.66. The fourth-order valence-corrected chi connectivity index (χ4v) is 4.33. The fourth-order valence-electron chi connectivity index (χ4n) is 4.33. The number of rotatable bonds is 3. The lowest BCUT2D eigenvalue weighted by Crippen LogP contribution is -2.60. The van der Waals surface area contributed by atoms with E-state index in [1.807, 2.05) is 49.9 Å². The molecule has 2 fully saturated rings. The van der Waals surface area contributed by atoms with Crippen molar-refractivity contribution >= 4 is 11.8 Å². The van der Waals surface area contributed by atoms with E-state index in [4.69, 9.17) is 4.74 Å². The van der Waals surface area contributed by atoms with E-state index in [0.717, 1.165) is 18.4 Å². The third kappa shape index (κ3) is 4.75. The zero-order chi connectivity index (χ0) is 20.6. The van der Waals surface area contributed by atoms with Crippen LogP contribution < -0.4 is 5.32 Å². The van der Waals surface area contributed by atoms with Crippen molar-refractivity contribution in [2.24, 2.45) is 5.41 Å². The lowest BCUT2D eigenvalue weighted by molar-refractivity contribution is -0.184. The average molecular weight is 387 g/mol. The minimum absolute atomic E-state index is 0.0186. The molecule has 3 rings (SSSR count). The molecule has 0 aromatic heterocycles. The van der Waals surface area contributed by atoms with Gasteiger partial charge in [0.1, 0.15) is 0 Å². The first-order chi connectivity index (χ1) is 13.0. The van der Waals surface area contributed by atoms with Gasteiger partial charge in [0.05, 0.1) is 17.7 Å². The number of hydrogen-bond donors (Lipinski definition) is 1. The van der Waals surface area contributed by atoms with Crippen molar-refractivity contribution in [3.63, 3.8) is 0 Å². The van der Waals surface area contributed by atoms with Crippen molar-refractivity contribution < 1.29 is 14.3 Å². The second-order valence-electron chi connectivity index (χ2n) is 10.0. The van der Waals surface area contributed by atoms with Crippen molar-refractivity contribution in [2.45, 2.75) is 78.0 Å². The van der Waals surface area contributed by atoms with Crippen LogP contribution in [0.4, 0.5) is 0 Å². The maximum atomic E-state index is 13.1. The second kappa shape index (κ2) is 7.51. The van der Waals surface area contributed by atoms with Crippen molar-refractivity contribution in [2.75, 3.05) is 13.1 Å². The molecular formula is C23H34N2O3. The van der Waals surface area contributed by atoms with Crippen molar-refractivity contribution in [3.05, 3.63) is 35.4 Å².